The maximum atomic E-state index is 13.8. The van der Waals surface area contributed by atoms with E-state index < -0.39 is 6.04 Å². The Morgan fingerprint density at radius 3 is 2.20 bits per heavy atom. The molecule has 6 nitrogen and oxygen atoms in total. The summed E-state index contributed by atoms with van der Waals surface area (Å²) >= 11 is 6.15. The molecule has 0 saturated carbocycles. The number of benzene rings is 4. The van der Waals surface area contributed by atoms with Gasteiger partial charge in [-0.3, -0.25) is 14.2 Å². The second-order valence-corrected chi connectivity index (χ2v) is 10.0. The number of hydrogen-bond donors (Lipinski definition) is 0. The van der Waals surface area contributed by atoms with Gasteiger partial charge in [-0.05, 0) is 60.9 Å². The number of rotatable bonds is 10. The lowest BCUT2D eigenvalue weighted by Gasteiger charge is -2.30. The number of fused-ring (bicyclic) bond motifs is 1. The van der Waals surface area contributed by atoms with Crippen LogP contribution in [0.1, 0.15) is 29.9 Å². The van der Waals surface area contributed by atoms with Crippen molar-refractivity contribution in [2.24, 2.45) is 0 Å². The highest BCUT2D eigenvalue weighted by Gasteiger charge is 2.27. The van der Waals surface area contributed by atoms with Gasteiger partial charge in [-0.2, -0.15) is 0 Å². The molecule has 1 heterocycles. The first-order valence-corrected chi connectivity index (χ1v) is 13.6. The van der Waals surface area contributed by atoms with Gasteiger partial charge >= 0.3 is 0 Å². The topological polar surface area (TPSA) is 64.4 Å². The Balaban J connectivity index is 1.51. The normalized spacial score (nSPS) is 11.8. The molecule has 0 aliphatic carbocycles. The van der Waals surface area contributed by atoms with Crippen molar-refractivity contribution in [3.05, 3.63) is 142 Å². The molecule has 5 aromatic rings. The average molecular weight is 552 g/mol. The number of amides is 1. The first-order valence-electron chi connectivity index (χ1n) is 13.2. The molecule has 0 radical (unpaired) electrons. The third kappa shape index (κ3) is 6.30. The molecule has 7 heteroatoms. The van der Waals surface area contributed by atoms with Crippen LogP contribution in [0.15, 0.2) is 114 Å². The van der Waals surface area contributed by atoms with E-state index in [-0.39, 0.29) is 18.1 Å². The third-order valence-corrected chi connectivity index (χ3v) is 7.12. The van der Waals surface area contributed by atoms with E-state index in [2.05, 4.69) is 0 Å². The van der Waals surface area contributed by atoms with Gasteiger partial charge in [0, 0.05) is 11.6 Å². The van der Waals surface area contributed by atoms with Gasteiger partial charge in [0.15, 0.2) is 0 Å². The van der Waals surface area contributed by atoms with Crippen molar-refractivity contribution >= 4 is 28.4 Å². The van der Waals surface area contributed by atoms with Crippen molar-refractivity contribution in [2.75, 3.05) is 13.2 Å². The van der Waals surface area contributed by atoms with Gasteiger partial charge in [-0.15, -0.1) is 0 Å². The molecule has 0 saturated heterocycles. The summed E-state index contributed by atoms with van der Waals surface area (Å²) in [6.07, 6.45) is 0.647. The summed E-state index contributed by atoms with van der Waals surface area (Å²) in [6.45, 7) is 2.58. The fraction of sp³-hybridized carbons (Fsp3) is 0.182. The molecular formula is C33H30ClN3O3. The van der Waals surface area contributed by atoms with E-state index in [9.17, 15) is 9.59 Å². The molecule has 1 amide bonds. The van der Waals surface area contributed by atoms with Crippen LogP contribution in [-0.4, -0.2) is 33.5 Å². The zero-order valence-corrected chi connectivity index (χ0v) is 23.0. The smallest absolute Gasteiger partial charge is 0.266 e. The van der Waals surface area contributed by atoms with Gasteiger partial charge in [0.25, 0.3) is 5.56 Å². The lowest BCUT2D eigenvalue weighted by atomic mass is 10.1. The van der Waals surface area contributed by atoms with Crippen LogP contribution < -0.4 is 5.56 Å². The van der Waals surface area contributed by atoms with Gasteiger partial charge in [-0.1, -0.05) is 84.4 Å². The van der Waals surface area contributed by atoms with E-state index in [0.717, 1.165) is 11.1 Å². The Kier molecular flexibility index (Phi) is 8.69. The van der Waals surface area contributed by atoms with Crippen molar-refractivity contribution < 1.29 is 9.53 Å². The van der Waals surface area contributed by atoms with Crippen LogP contribution in [-0.2, 0) is 22.6 Å². The minimum Gasteiger partial charge on any atom is -0.367 e. The largest absolute Gasteiger partial charge is 0.367 e. The Morgan fingerprint density at radius 2 is 1.50 bits per heavy atom. The zero-order valence-electron chi connectivity index (χ0n) is 22.2. The minimum absolute atomic E-state index is 0.0905. The first-order chi connectivity index (χ1) is 19.5. The number of hydrogen-bond acceptors (Lipinski definition) is 4. The Morgan fingerprint density at radius 1 is 0.875 bits per heavy atom. The van der Waals surface area contributed by atoms with Crippen LogP contribution in [0.3, 0.4) is 0 Å². The van der Waals surface area contributed by atoms with Crippen LogP contribution in [0, 0.1) is 0 Å². The standard InChI is InChI=1S/C33H30ClN3O3/c1-24(32-35-30-15-9-8-14-29(30)33(39)37(32)28-18-16-27(34)17-19-28)36(21-20-25-10-4-2-5-11-25)31(38)23-40-22-26-12-6-3-7-13-26/h2-19,24H,20-23H2,1H3. The summed E-state index contributed by atoms with van der Waals surface area (Å²) in [4.78, 5) is 34.1. The highest BCUT2D eigenvalue weighted by molar-refractivity contribution is 6.30. The van der Waals surface area contributed by atoms with E-state index in [0.29, 0.717) is 47.0 Å². The monoisotopic (exact) mass is 551 g/mol. The van der Waals surface area contributed by atoms with Gasteiger partial charge in [0.1, 0.15) is 12.4 Å². The lowest BCUT2D eigenvalue weighted by molar-refractivity contribution is -0.139. The number of ether oxygens (including phenoxy) is 1. The summed E-state index contributed by atoms with van der Waals surface area (Å²) in [5.74, 6) is 0.292. The summed E-state index contributed by atoms with van der Waals surface area (Å²) in [6, 6.07) is 33.5. The summed E-state index contributed by atoms with van der Waals surface area (Å²) < 4.78 is 7.41. The second-order valence-electron chi connectivity index (χ2n) is 9.58. The number of carbonyl (C=O) groups is 1. The number of carbonyl (C=O) groups excluding carboxylic acids is 1. The molecule has 1 unspecified atom stereocenters. The van der Waals surface area contributed by atoms with Crippen LogP contribution in [0.4, 0.5) is 0 Å². The summed E-state index contributed by atoms with van der Waals surface area (Å²) in [7, 11) is 0. The van der Waals surface area contributed by atoms with Crippen molar-refractivity contribution in [1.82, 2.24) is 14.5 Å². The van der Waals surface area contributed by atoms with E-state index in [4.69, 9.17) is 21.3 Å². The predicted octanol–water partition coefficient (Wildman–Crippen LogP) is 6.39. The molecule has 0 spiro atoms. The molecular weight excluding hydrogens is 522 g/mol. The minimum atomic E-state index is -0.524. The van der Waals surface area contributed by atoms with Crippen LogP contribution in [0.5, 0.6) is 0 Å². The quantitative estimate of drug-likeness (QED) is 0.202. The molecule has 0 fully saturated rings. The fourth-order valence-corrected chi connectivity index (χ4v) is 4.88. The van der Waals surface area contributed by atoms with Gasteiger partial charge in [0.05, 0.1) is 29.2 Å². The first kappa shape index (κ1) is 27.3. The van der Waals surface area contributed by atoms with E-state index in [1.807, 2.05) is 85.8 Å². The Labute approximate surface area is 238 Å². The van der Waals surface area contributed by atoms with Gasteiger partial charge < -0.3 is 9.64 Å². The number of para-hydroxylation sites is 1. The molecule has 0 N–H and O–H groups in total. The number of nitrogens with zero attached hydrogens (tertiary/aromatic N) is 3. The SMILES string of the molecule is CC(c1nc2ccccc2c(=O)n1-c1ccc(Cl)cc1)N(CCc1ccccc1)C(=O)COCc1ccccc1. The maximum Gasteiger partial charge on any atom is 0.266 e. The molecule has 40 heavy (non-hydrogen) atoms. The van der Waals surface area contributed by atoms with Crippen LogP contribution in [0.2, 0.25) is 5.02 Å². The molecule has 0 aliphatic rings. The maximum absolute atomic E-state index is 13.8. The predicted molar refractivity (Wildman–Crippen MR) is 159 cm³/mol. The average Bonchev–Trinajstić information content (AvgIpc) is 2.99. The summed E-state index contributed by atoms with van der Waals surface area (Å²) in [5.41, 5.74) is 3.11. The number of halogens is 1. The molecule has 202 valence electrons. The third-order valence-electron chi connectivity index (χ3n) is 6.87. The van der Waals surface area contributed by atoms with Crippen molar-refractivity contribution in [1.29, 1.82) is 0 Å². The van der Waals surface area contributed by atoms with Gasteiger partial charge in [-0.25, -0.2) is 4.98 Å². The van der Waals surface area contributed by atoms with Crippen LogP contribution >= 0.6 is 11.6 Å². The second kappa shape index (κ2) is 12.7. The molecule has 1 aromatic heterocycles. The summed E-state index contributed by atoms with van der Waals surface area (Å²) in [5, 5.41) is 1.07. The van der Waals surface area contributed by atoms with Gasteiger partial charge in [0.2, 0.25) is 5.91 Å². The molecule has 0 aliphatic heterocycles. The molecule has 1 atom stereocenters. The number of aromatic nitrogens is 2. The van der Waals surface area contributed by atoms with Crippen molar-refractivity contribution in [3.63, 3.8) is 0 Å². The van der Waals surface area contributed by atoms with E-state index in [1.165, 1.54) is 0 Å². The van der Waals surface area contributed by atoms with Crippen LogP contribution in [0.25, 0.3) is 16.6 Å². The lowest BCUT2D eigenvalue weighted by Crippen LogP contribution is -2.40. The molecule has 0 bridgehead atoms. The Hall–Kier alpha value is -4.26. The highest BCUT2D eigenvalue weighted by Crippen LogP contribution is 2.24. The van der Waals surface area contributed by atoms with Crippen molar-refractivity contribution in [2.45, 2.75) is 26.0 Å². The van der Waals surface area contributed by atoms with E-state index in [1.54, 1.807) is 39.8 Å². The molecule has 5 rings (SSSR count). The van der Waals surface area contributed by atoms with E-state index >= 15 is 0 Å². The molecule has 4 aromatic carbocycles. The highest BCUT2D eigenvalue weighted by atomic mass is 35.5. The Bertz CT molecular complexity index is 1640. The fourth-order valence-electron chi connectivity index (χ4n) is 4.75. The zero-order chi connectivity index (χ0) is 27.9. The van der Waals surface area contributed by atoms with Crippen molar-refractivity contribution in [3.8, 4) is 5.69 Å².